The first-order valence-electron chi connectivity index (χ1n) is 6.37. The third kappa shape index (κ3) is 3.37. The summed E-state index contributed by atoms with van der Waals surface area (Å²) >= 11 is 0. The molecule has 1 atom stereocenters. The number of pyridine rings is 1. The molecule has 0 aliphatic heterocycles. The molecule has 1 aliphatic carbocycles. The van der Waals surface area contributed by atoms with Crippen LogP contribution in [-0.2, 0) is 11.2 Å². The molecule has 3 nitrogen and oxygen atoms in total. The van der Waals surface area contributed by atoms with Gasteiger partial charge in [0, 0.05) is 18.8 Å². The van der Waals surface area contributed by atoms with E-state index in [0.29, 0.717) is 6.42 Å². The van der Waals surface area contributed by atoms with Gasteiger partial charge in [0.15, 0.2) is 5.78 Å². The van der Waals surface area contributed by atoms with Crippen LogP contribution in [0.4, 0.5) is 0 Å². The van der Waals surface area contributed by atoms with Crippen molar-refractivity contribution in [1.82, 2.24) is 4.98 Å². The van der Waals surface area contributed by atoms with Crippen LogP contribution in [0.5, 0.6) is 0 Å². The van der Waals surface area contributed by atoms with E-state index in [1.165, 1.54) is 6.42 Å². The van der Waals surface area contributed by atoms with E-state index >= 15 is 0 Å². The third-order valence-electron chi connectivity index (χ3n) is 3.53. The van der Waals surface area contributed by atoms with E-state index in [2.05, 4.69) is 4.98 Å². The Labute approximate surface area is 102 Å². The zero-order chi connectivity index (χ0) is 12.1. The molecule has 0 spiro atoms. The van der Waals surface area contributed by atoms with Gasteiger partial charge in [-0.25, -0.2) is 0 Å². The van der Waals surface area contributed by atoms with Crippen molar-refractivity contribution in [2.75, 3.05) is 0 Å². The average molecular weight is 233 g/mol. The number of carbonyl (C=O) groups excluding carboxylic acids is 1. The summed E-state index contributed by atoms with van der Waals surface area (Å²) in [5, 5.41) is 10.0. The first-order valence-corrected chi connectivity index (χ1v) is 6.37. The van der Waals surface area contributed by atoms with Crippen molar-refractivity contribution in [2.45, 2.75) is 44.6 Å². The molecule has 0 bridgehead atoms. The summed E-state index contributed by atoms with van der Waals surface area (Å²) < 4.78 is 0. The van der Waals surface area contributed by atoms with Crippen LogP contribution in [0.2, 0.25) is 0 Å². The van der Waals surface area contributed by atoms with Gasteiger partial charge in [-0.15, -0.1) is 0 Å². The lowest BCUT2D eigenvalue weighted by Crippen LogP contribution is -2.32. The molecule has 0 amide bonds. The summed E-state index contributed by atoms with van der Waals surface area (Å²) in [5.74, 6) is 0.109. The van der Waals surface area contributed by atoms with Crippen molar-refractivity contribution >= 4 is 5.78 Å². The second-order valence-electron chi connectivity index (χ2n) is 4.85. The Morgan fingerprint density at radius 3 is 2.82 bits per heavy atom. The number of carbonyl (C=O) groups is 1. The van der Waals surface area contributed by atoms with E-state index in [9.17, 15) is 9.90 Å². The number of rotatable bonds is 4. The smallest absolute Gasteiger partial charge is 0.165 e. The topological polar surface area (TPSA) is 50.2 Å². The monoisotopic (exact) mass is 233 g/mol. The zero-order valence-corrected chi connectivity index (χ0v) is 10.0. The van der Waals surface area contributed by atoms with Crippen molar-refractivity contribution in [1.29, 1.82) is 0 Å². The highest BCUT2D eigenvalue weighted by molar-refractivity contribution is 5.85. The van der Waals surface area contributed by atoms with Gasteiger partial charge < -0.3 is 5.11 Å². The molecule has 1 aromatic heterocycles. The maximum absolute atomic E-state index is 11.9. The molecule has 3 heteroatoms. The zero-order valence-electron chi connectivity index (χ0n) is 10.0. The maximum atomic E-state index is 11.9. The second-order valence-corrected chi connectivity index (χ2v) is 4.85. The van der Waals surface area contributed by atoms with Crippen molar-refractivity contribution in [3.05, 3.63) is 30.1 Å². The number of Topliss-reactive ketones (excluding diaryl/α,β-unsaturated/α-hetero) is 1. The molecular weight excluding hydrogens is 214 g/mol. The number of hydrogen-bond donors (Lipinski definition) is 1. The van der Waals surface area contributed by atoms with E-state index < -0.39 is 6.10 Å². The molecule has 1 N–H and O–H groups in total. The summed E-state index contributed by atoms with van der Waals surface area (Å²) in [6.45, 7) is 0. The van der Waals surface area contributed by atoms with E-state index in [4.69, 9.17) is 0 Å². The molecule has 17 heavy (non-hydrogen) atoms. The number of hydrogen-bond acceptors (Lipinski definition) is 3. The number of nitrogens with zero attached hydrogens (tertiary/aromatic N) is 1. The van der Waals surface area contributed by atoms with Crippen LogP contribution in [0.15, 0.2) is 24.5 Å². The normalized spacial score (nSPS) is 18.9. The van der Waals surface area contributed by atoms with Gasteiger partial charge in [0.25, 0.3) is 0 Å². The summed E-state index contributed by atoms with van der Waals surface area (Å²) in [6, 6.07) is 3.69. The van der Waals surface area contributed by atoms with Crippen LogP contribution in [0.1, 0.15) is 37.7 Å². The second kappa shape index (κ2) is 5.92. The fraction of sp³-hybridized carbons (Fsp3) is 0.571. The summed E-state index contributed by atoms with van der Waals surface area (Å²) in [5.41, 5.74) is 0.882. The van der Waals surface area contributed by atoms with Crippen molar-refractivity contribution in [3.63, 3.8) is 0 Å². The van der Waals surface area contributed by atoms with Gasteiger partial charge >= 0.3 is 0 Å². The van der Waals surface area contributed by atoms with Gasteiger partial charge in [0.2, 0.25) is 0 Å². The lowest BCUT2D eigenvalue weighted by molar-refractivity contribution is -0.129. The molecule has 2 rings (SSSR count). The van der Waals surface area contributed by atoms with E-state index in [1.54, 1.807) is 12.4 Å². The highest BCUT2D eigenvalue weighted by Crippen LogP contribution is 2.27. The third-order valence-corrected chi connectivity index (χ3v) is 3.53. The number of aromatic nitrogens is 1. The minimum Gasteiger partial charge on any atom is -0.385 e. The molecule has 0 radical (unpaired) electrons. The first-order chi connectivity index (χ1) is 8.27. The lowest BCUT2D eigenvalue weighted by Gasteiger charge is -2.25. The van der Waals surface area contributed by atoms with E-state index in [-0.39, 0.29) is 11.7 Å². The Balaban J connectivity index is 1.90. The summed E-state index contributed by atoms with van der Waals surface area (Å²) in [4.78, 5) is 15.9. The predicted molar refractivity (Wildman–Crippen MR) is 65.5 cm³/mol. The summed E-state index contributed by atoms with van der Waals surface area (Å²) in [6.07, 6.45) is 8.38. The lowest BCUT2D eigenvalue weighted by atomic mass is 9.83. The van der Waals surface area contributed by atoms with Crippen molar-refractivity contribution in [3.8, 4) is 0 Å². The van der Waals surface area contributed by atoms with Crippen LogP contribution >= 0.6 is 0 Å². The molecular formula is C14H19NO2. The average Bonchev–Trinajstić information content (AvgIpc) is 2.40. The maximum Gasteiger partial charge on any atom is 0.165 e. The standard InChI is InChI=1S/C14H19NO2/c16-13(9-11-5-4-8-15-10-11)14(17)12-6-2-1-3-7-12/h4-5,8,10,12,14,17H,1-3,6-7,9H2. The largest absolute Gasteiger partial charge is 0.385 e. The van der Waals surface area contributed by atoms with E-state index in [0.717, 1.165) is 31.2 Å². The Kier molecular flexibility index (Phi) is 4.26. The van der Waals surface area contributed by atoms with Gasteiger partial charge in [-0.05, 0) is 30.4 Å². The minimum atomic E-state index is -0.782. The van der Waals surface area contributed by atoms with Crippen molar-refractivity contribution in [2.24, 2.45) is 5.92 Å². The molecule has 1 fully saturated rings. The quantitative estimate of drug-likeness (QED) is 0.866. The van der Waals surface area contributed by atoms with E-state index in [1.807, 2.05) is 12.1 Å². The van der Waals surface area contributed by atoms with Gasteiger partial charge in [0.05, 0.1) is 0 Å². The van der Waals surface area contributed by atoms with Crippen LogP contribution in [0.25, 0.3) is 0 Å². The highest BCUT2D eigenvalue weighted by Gasteiger charge is 2.27. The molecule has 0 aromatic carbocycles. The van der Waals surface area contributed by atoms with Gasteiger partial charge in [-0.2, -0.15) is 0 Å². The number of aliphatic hydroxyl groups excluding tert-OH is 1. The molecule has 92 valence electrons. The Morgan fingerprint density at radius 2 is 2.18 bits per heavy atom. The van der Waals surface area contributed by atoms with Crippen LogP contribution in [0.3, 0.4) is 0 Å². The van der Waals surface area contributed by atoms with Crippen LogP contribution < -0.4 is 0 Å². The number of ketones is 1. The molecule has 1 aliphatic rings. The SMILES string of the molecule is O=C(Cc1cccnc1)C(O)C1CCCCC1. The minimum absolute atomic E-state index is 0.0649. The van der Waals surface area contributed by atoms with Gasteiger partial charge in [0.1, 0.15) is 6.10 Å². The first kappa shape index (κ1) is 12.2. The molecule has 1 unspecified atom stereocenters. The Morgan fingerprint density at radius 1 is 1.41 bits per heavy atom. The van der Waals surface area contributed by atoms with Gasteiger partial charge in [-0.3, -0.25) is 9.78 Å². The molecule has 0 saturated heterocycles. The Bertz CT molecular complexity index is 358. The fourth-order valence-electron chi connectivity index (χ4n) is 2.52. The molecule has 1 aromatic rings. The Hall–Kier alpha value is -1.22. The van der Waals surface area contributed by atoms with Crippen molar-refractivity contribution < 1.29 is 9.90 Å². The number of aliphatic hydroxyl groups is 1. The van der Waals surface area contributed by atoms with Gasteiger partial charge in [-0.1, -0.05) is 25.3 Å². The molecule has 1 heterocycles. The fourth-order valence-corrected chi connectivity index (χ4v) is 2.52. The van der Waals surface area contributed by atoms with Crippen LogP contribution in [-0.4, -0.2) is 22.0 Å². The highest BCUT2D eigenvalue weighted by atomic mass is 16.3. The molecule has 1 saturated carbocycles. The summed E-state index contributed by atoms with van der Waals surface area (Å²) in [7, 11) is 0. The predicted octanol–water partition coefficient (Wildman–Crippen LogP) is 2.13. The van der Waals surface area contributed by atoms with Crippen LogP contribution in [0, 0.1) is 5.92 Å².